The summed E-state index contributed by atoms with van der Waals surface area (Å²) in [7, 11) is 0. The standard InChI is InChI=1S/C7H11ClN4OS/c1-6(4-8)5-14-7-9-10-11-12(7)2-3-13/h4,13H,2-3,5H2,1H3. The average molecular weight is 235 g/mol. The monoisotopic (exact) mass is 234 g/mol. The van der Waals surface area contributed by atoms with Crippen LogP contribution >= 0.6 is 23.4 Å². The molecule has 0 aliphatic rings. The third kappa shape index (κ3) is 3.28. The Morgan fingerprint density at radius 3 is 3.14 bits per heavy atom. The Balaban J connectivity index is 2.53. The number of aliphatic hydroxyl groups excluding tert-OH is 1. The predicted octanol–water partition coefficient (Wildman–Crippen LogP) is 0.900. The van der Waals surface area contributed by atoms with Gasteiger partial charge in [-0.3, -0.25) is 0 Å². The van der Waals surface area contributed by atoms with Gasteiger partial charge in [-0.25, -0.2) is 4.68 Å². The van der Waals surface area contributed by atoms with E-state index in [1.165, 1.54) is 17.3 Å². The van der Waals surface area contributed by atoms with E-state index in [0.717, 1.165) is 11.3 Å². The Kier molecular flexibility index (Phi) is 4.92. The van der Waals surface area contributed by atoms with Crippen molar-refractivity contribution in [3.63, 3.8) is 0 Å². The van der Waals surface area contributed by atoms with Gasteiger partial charge in [0.25, 0.3) is 0 Å². The van der Waals surface area contributed by atoms with Gasteiger partial charge in [0.05, 0.1) is 13.2 Å². The Morgan fingerprint density at radius 1 is 1.71 bits per heavy atom. The van der Waals surface area contributed by atoms with Gasteiger partial charge < -0.3 is 5.11 Å². The number of aromatic nitrogens is 4. The van der Waals surface area contributed by atoms with Crippen molar-refractivity contribution < 1.29 is 5.11 Å². The molecule has 0 saturated heterocycles. The number of tetrazole rings is 1. The number of nitrogens with zero attached hydrogens (tertiary/aromatic N) is 4. The zero-order chi connectivity index (χ0) is 10.4. The van der Waals surface area contributed by atoms with Crippen molar-refractivity contribution in [1.29, 1.82) is 0 Å². The van der Waals surface area contributed by atoms with Gasteiger partial charge in [-0.05, 0) is 17.4 Å². The summed E-state index contributed by atoms with van der Waals surface area (Å²) in [6.07, 6.45) is 0. The van der Waals surface area contributed by atoms with Crippen molar-refractivity contribution in [3.8, 4) is 0 Å². The molecule has 78 valence electrons. The van der Waals surface area contributed by atoms with Crippen LogP contribution in [0.15, 0.2) is 16.3 Å². The van der Waals surface area contributed by atoms with Crippen LogP contribution in [0.3, 0.4) is 0 Å². The molecule has 0 saturated carbocycles. The summed E-state index contributed by atoms with van der Waals surface area (Å²) in [5.74, 6) is 0.745. The molecule has 1 rings (SSSR count). The Morgan fingerprint density at radius 2 is 2.50 bits per heavy atom. The maximum Gasteiger partial charge on any atom is 0.209 e. The molecule has 0 spiro atoms. The largest absolute Gasteiger partial charge is 0.394 e. The van der Waals surface area contributed by atoms with Crippen molar-refractivity contribution in [2.75, 3.05) is 12.4 Å². The fraction of sp³-hybridized carbons (Fsp3) is 0.571. The molecule has 0 atom stereocenters. The van der Waals surface area contributed by atoms with E-state index in [1.54, 1.807) is 4.68 Å². The molecule has 0 bridgehead atoms. The molecule has 7 heteroatoms. The van der Waals surface area contributed by atoms with E-state index in [0.29, 0.717) is 11.7 Å². The van der Waals surface area contributed by atoms with Gasteiger partial charge in [0.2, 0.25) is 5.16 Å². The van der Waals surface area contributed by atoms with Crippen LogP contribution in [-0.2, 0) is 6.54 Å². The molecule has 0 amide bonds. The van der Waals surface area contributed by atoms with Crippen LogP contribution in [0, 0.1) is 0 Å². The first-order valence-corrected chi connectivity index (χ1v) is 5.45. The fourth-order valence-electron chi connectivity index (χ4n) is 0.745. The number of thioether (sulfide) groups is 1. The van der Waals surface area contributed by atoms with Gasteiger partial charge in [0, 0.05) is 11.3 Å². The van der Waals surface area contributed by atoms with Crippen LogP contribution in [0.25, 0.3) is 0 Å². The van der Waals surface area contributed by atoms with E-state index in [1.807, 2.05) is 6.92 Å². The molecular formula is C7H11ClN4OS. The average Bonchev–Trinajstić information content (AvgIpc) is 2.62. The number of halogens is 1. The molecule has 1 aromatic heterocycles. The molecule has 0 fully saturated rings. The highest BCUT2D eigenvalue weighted by atomic mass is 35.5. The van der Waals surface area contributed by atoms with E-state index in [-0.39, 0.29) is 6.61 Å². The summed E-state index contributed by atoms with van der Waals surface area (Å²) in [6.45, 7) is 2.38. The molecule has 1 heterocycles. The lowest BCUT2D eigenvalue weighted by Gasteiger charge is -2.01. The second-order valence-electron chi connectivity index (χ2n) is 2.65. The highest BCUT2D eigenvalue weighted by Gasteiger charge is 2.05. The normalized spacial score (nSPS) is 12.1. The van der Waals surface area contributed by atoms with Crippen LogP contribution in [0.4, 0.5) is 0 Å². The van der Waals surface area contributed by atoms with Crippen LogP contribution in [0.5, 0.6) is 0 Å². The first kappa shape index (κ1) is 11.5. The maximum absolute atomic E-state index is 8.73. The summed E-state index contributed by atoms with van der Waals surface area (Å²) in [5.41, 5.74) is 2.59. The van der Waals surface area contributed by atoms with Crippen molar-refractivity contribution in [1.82, 2.24) is 20.2 Å². The van der Waals surface area contributed by atoms with Crippen molar-refractivity contribution in [2.45, 2.75) is 18.6 Å². The van der Waals surface area contributed by atoms with E-state index < -0.39 is 0 Å². The number of hydrogen-bond acceptors (Lipinski definition) is 5. The topological polar surface area (TPSA) is 63.8 Å². The molecule has 0 aromatic carbocycles. The third-order valence-corrected chi connectivity index (χ3v) is 2.95. The van der Waals surface area contributed by atoms with E-state index in [9.17, 15) is 0 Å². The van der Waals surface area contributed by atoms with Gasteiger partial charge in [-0.1, -0.05) is 28.9 Å². The summed E-state index contributed by atoms with van der Waals surface area (Å²) < 4.78 is 1.56. The first-order valence-electron chi connectivity index (χ1n) is 4.03. The maximum atomic E-state index is 8.73. The molecule has 5 nitrogen and oxygen atoms in total. The summed E-state index contributed by atoms with van der Waals surface area (Å²) in [5, 5.41) is 20.5. The number of aliphatic hydroxyl groups is 1. The summed E-state index contributed by atoms with van der Waals surface area (Å²) in [6, 6.07) is 0. The molecule has 0 aliphatic carbocycles. The smallest absolute Gasteiger partial charge is 0.209 e. The Bertz CT molecular complexity index is 314. The van der Waals surface area contributed by atoms with E-state index in [4.69, 9.17) is 16.7 Å². The van der Waals surface area contributed by atoms with Gasteiger partial charge in [-0.15, -0.1) is 5.10 Å². The minimum absolute atomic E-state index is 0.0307. The van der Waals surface area contributed by atoms with Gasteiger partial charge in [0.15, 0.2) is 0 Å². The Labute approximate surface area is 91.1 Å². The molecule has 0 radical (unpaired) electrons. The highest BCUT2D eigenvalue weighted by molar-refractivity contribution is 7.99. The van der Waals surface area contributed by atoms with E-state index >= 15 is 0 Å². The van der Waals surface area contributed by atoms with Gasteiger partial charge in [-0.2, -0.15) is 0 Å². The second kappa shape index (κ2) is 6.00. The van der Waals surface area contributed by atoms with Crippen molar-refractivity contribution >= 4 is 23.4 Å². The third-order valence-electron chi connectivity index (χ3n) is 1.43. The number of rotatable bonds is 5. The molecule has 0 aliphatic heterocycles. The lowest BCUT2D eigenvalue weighted by atomic mass is 10.4. The SMILES string of the molecule is CC(=CCl)CSc1nnnn1CCO. The number of hydrogen-bond donors (Lipinski definition) is 1. The lowest BCUT2D eigenvalue weighted by Crippen LogP contribution is -2.05. The minimum atomic E-state index is 0.0307. The van der Waals surface area contributed by atoms with Crippen LogP contribution < -0.4 is 0 Å². The van der Waals surface area contributed by atoms with Gasteiger partial charge in [0.1, 0.15) is 0 Å². The van der Waals surface area contributed by atoms with Crippen LogP contribution in [-0.4, -0.2) is 37.7 Å². The molecule has 1 aromatic rings. The highest BCUT2D eigenvalue weighted by Crippen LogP contribution is 2.16. The lowest BCUT2D eigenvalue weighted by molar-refractivity contribution is 0.262. The molecule has 0 unspecified atom stereocenters. The second-order valence-corrected chi connectivity index (χ2v) is 3.81. The molecule has 1 N–H and O–H groups in total. The minimum Gasteiger partial charge on any atom is -0.394 e. The quantitative estimate of drug-likeness (QED) is 0.767. The fourth-order valence-corrected chi connectivity index (χ4v) is 1.72. The van der Waals surface area contributed by atoms with Crippen LogP contribution in [0.2, 0.25) is 0 Å². The zero-order valence-corrected chi connectivity index (χ0v) is 9.29. The van der Waals surface area contributed by atoms with Crippen molar-refractivity contribution in [2.24, 2.45) is 0 Å². The summed E-state index contributed by atoms with van der Waals surface area (Å²) in [4.78, 5) is 0. The first-order chi connectivity index (χ1) is 6.77. The Hall–Kier alpha value is -0.590. The summed E-state index contributed by atoms with van der Waals surface area (Å²) >= 11 is 7.01. The molecular weight excluding hydrogens is 224 g/mol. The van der Waals surface area contributed by atoms with Crippen LogP contribution in [0.1, 0.15) is 6.92 Å². The van der Waals surface area contributed by atoms with E-state index in [2.05, 4.69) is 15.5 Å². The molecule has 14 heavy (non-hydrogen) atoms. The predicted molar refractivity (Wildman–Crippen MR) is 55.2 cm³/mol. The van der Waals surface area contributed by atoms with Crippen molar-refractivity contribution in [3.05, 3.63) is 11.1 Å². The van der Waals surface area contributed by atoms with Gasteiger partial charge >= 0.3 is 0 Å². The zero-order valence-electron chi connectivity index (χ0n) is 7.72.